The van der Waals surface area contributed by atoms with Crippen LogP contribution >= 0.6 is 15.9 Å². The lowest BCUT2D eigenvalue weighted by Gasteiger charge is -2.10. The summed E-state index contributed by atoms with van der Waals surface area (Å²) >= 11 is 3.48. The van der Waals surface area contributed by atoms with Crippen LogP contribution in [0.1, 0.15) is 38.2 Å². The minimum Gasteiger partial charge on any atom is -0.289 e. The van der Waals surface area contributed by atoms with Gasteiger partial charge in [0.2, 0.25) is 0 Å². The van der Waals surface area contributed by atoms with Crippen LogP contribution in [0.3, 0.4) is 0 Å². The zero-order chi connectivity index (χ0) is 14.2. The average molecular weight is 317 g/mol. The second-order valence-corrected chi connectivity index (χ2v) is 5.90. The smallest absolute Gasteiger partial charge is 0.193 e. The third-order valence-corrected chi connectivity index (χ3v) is 4.37. The minimum absolute atomic E-state index is 0.0845. The van der Waals surface area contributed by atoms with Gasteiger partial charge in [0, 0.05) is 15.6 Å². The lowest BCUT2D eigenvalue weighted by molar-refractivity contribution is 0.103. The van der Waals surface area contributed by atoms with E-state index in [1.54, 1.807) is 0 Å². The molecule has 0 aliphatic carbocycles. The Hall–Kier alpha value is -1.41. The predicted molar refractivity (Wildman–Crippen MR) is 83.0 cm³/mol. The maximum atomic E-state index is 12.6. The molecule has 0 radical (unpaired) electrons. The Labute approximate surface area is 122 Å². The number of carbonyl (C=O) groups is 1. The molecule has 0 spiro atoms. The van der Waals surface area contributed by atoms with E-state index in [0.29, 0.717) is 0 Å². The van der Waals surface area contributed by atoms with Crippen LogP contribution in [0.5, 0.6) is 0 Å². The summed E-state index contributed by atoms with van der Waals surface area (Å²) in [5, 5.41) is 0. The molecule has 0 saturated carbocycles. The van der Waals surface area contributed by atoms with Gasteiger partial charge in [-0.3, -0.25) is 4.79 Å². The van der Waals surface area contributed by atoms with Crippen molar-refractivity contribution in [2.24, 2.45) is 0 Å². The van der Waals surface area contributed by atoms with Gasteiger partial charge in [-0.1, -0.05) is 34.1 Å². The monoisotopic (exact) mass is 316 g/mol. The summed E-state index contributed by atoms with van der Waals surface area (Å²) in [5.74, 6) is 0.0845. The van der Waals surface area contributed by atoms with E-state index in [4.69, 9.17) is 0 Å². The summed E-state index contributed by atoms with van der Waals surface area (Å²) in [6.45, 7) is 8.11. The van der Waals surface area contributed by atoms with E-state index in [2.05, 4.69) is 28.9 Å². The Kier molecular flexibility index (Phi) is 3.91. The van der Waals surface area contributed by atoms with Crippen molar-refractivity contribution < 1.29 is 4.79 Å². The van der Waals surface area contributed by atoms with Gasteiger partial charge in [0.05, 0.1) is 0 Å². The highest BCUT2D eigenvalue weighted by Gasteiger charge is 2.13. The Morgan fingerprint density at radius 3 is 2.11 bits per heavy atom. The Bertz CT molecular complexity index is 657. The zero-order valence-electron chi connectivity index (χ0n) is 11.7. The summed E-state index contributed by atoms with van der Waals surface area (Å²) in [6, 6.07) is 9.81. The highest BCUT2D eigenvalue weighted by molar-refractivity contribution is 9.10. The van der Waals surface area contributed by atoms with Crippen LogP contribution in [0.25, 0.3) is 0 Å². The quantitative estimate of drug-likeness (QED) is 0.719. The lowest BCUT2D eigenvalue weighted by Crippen LogP contribution is -2.05. The number of carbonyl (C=O) groups excluding carboxylic acids is 1. The van der Waals surface area contributed by atoms with Gasteiger partial charge in [0.1, 0.15) is 0 Å². The molecule has 0 atom stereocenters. The first-order valence-electron chi connectivity index (χ1n) is 6.29. The average Bonchev–Trinajstić information content (AvgIpc) is 2.36. The van der Waals surface area contributed by atoms with E-state index in [9.17, 15) is 4.79 Å². The van der Waals surface area contributed by atoms with Crippen LogP contribution in [-0.4, -0.2) is 5.78 Å². The molecule has 0 saturated heterocycles. The first kappa shape index (κ1) is 14.0. The Morgan fingerprint density at radius 1 is 0.842 bits per heavy atom. The van der Waals surface area contributed by atoms with Crippen LogP contribution in [0.2, 0.25) is 0 Å². The maximum Gasteiger partial charge on any atom is 0.193 e. The molecule has 0 unspecified atom stereocenters. The molecule has 0 aliphatic heterocycles. The van der Waals surface area contributed by atoms with Gasteiger partial charge in [0.15, 0.2) is 5.78 Å². The van der Waals surface area contributed by atoms with E-state index < -0.39 is 0 Å². The lowest BCUT2D eigenvalue weighted by atomic mass is 9.94. The van der Waals surface area contributed by atoms with Crippen LogP contribution < -0.4 is 0 Å². The second-order valence-electron chi connectivity index (χ2n) is 5.04. The van der Waals surface area contributed by atoms with Gasteiger partial charge in [-0.15, -0.1) is 0 Å². The van der Waals surface area contributed by atoms with Gasteiger partial charge in [-0.25, -0.2) is 0 Å². The molecule has 2 rings (SSSR count). The third kappa shape index (κ3) is 2.79. The summed E-state index contributed by atoms with van der Waals surface area (Å²) in [4.78, 5) is 12.6. The van der Waals surface area contributed by atoms with Gasteiger partial charge in [-0.2, -0.15) is 0 Å². The molecular weight excluding hydrogens is 300 g/mol. The summed E-state index contributed by atoms with van der Waals surface area (Å²) in [6.07, 6.45) is 0. The molecule has 0 N–H and O–H groups in total. The fourth-order valence-electron chi connectivity index (χ4n) is 2.09. The topological polar surface area (TPSA) is 17.1 Å². The minimum atomic E-state index is 0.0845. The van der Waals surface area contributed by atoms with E-state index >= 15 is 0 Å². The molecule has 1 nitrogen and oxygen atoms in total. The molecule has 2 aromatic rings. The van der Waals surface area contributed by atoms with E-state index in [-0.39, 0.29) is 5.78 Å². The number of benzene rings is 2. The van der Waals surface area contributed by atoms with Crippen LogP contribution in [0.15, 0.2) is 34.8 Å². The fourth-order valence-corrected chi connectivity index (χ4v) is 2.47. The Morgan fingerprint density at radius 2 is 1.47 bits per heavy atom. The van der Waals surface area contributed by atoms with Crippen LogP contribution in [0, 0.1) is 27.7 Å². The molecule has 0 amide bonds. The number of rotatable bonds is 2. The summed E-state index contributed by atoms with van der Waals surface area (Å²) in [5.41, 5.74) is 6.06. The normalized spacial score (nSPS) is 10.6. The van der Waals surface area contributed by atoms with Crippen molar-refractivity contribution in [2.75, 3.05) is 0 Å². The molecular formula is C17H17BrO. The number of ketones is 1. The standard InChI is InChI=1S/C17H17BrO/c1-10-5-6-14(9-16(10)18)17(19)15-8-12(3)11(2)7-13(15)4/h5-9H,1-4H3. The molecule has 0 aromatic heterocycles. The maximum absolute atomic E-state index is 12.6. The molecule has 0 fully saturated rings. The van der Waals surface area contributed by atoms with Crippen LogP contribution in [-0.2, 0) is 0 Å². The van der Waals surface area contributed by atoms with E-state index in [1.807, 2.05) is 45.0 Å². The van der Waals surface area contributed by atoms with Crippen LogP contribution in [0.4, 0.5) is 0 Å². The molecule has 19 heavy (non-hydrogen) atoms. The number of aryl methyl sites for hydroxylation is 4. The number of hydrogen-bond donors (Lipinski definition) is 0. The van der Waals surface area contributed by atoms with Gasteiger partial charge in [0.25, 0.3) is 0 Å². The number of halogens is 1. The van der Waals surface area contributed by atoms with Crippen molar-refractivity contribution in [3.63, 3.8) is 0 Å². The van der Waals surface area contributed by atoms with Crippen molar-refractivity contribution in [2.45, 2.75) is 27.7 Å². The van der Waals surface area contributed by atoms with Crippen molar-refractivity contribution in [3.05, 3.63) is 68.2 Å². The Balaban J connectivity index is 2.49. The molecule has 98 valence electrons. The predicted octanol–water partition coefficient (Wildman–Crippen LogP) is 4.91. The highest BCUT2D eigenvalue weighted by atomic mass is 79.9. The van der Waals surface area contributed by atoms with Gasteiger partial charge < -0.3 is 0 Å². The van der Waals surface area contributed by atoms with Crippen molar-refractivity contribution >= 4 is 21.7 Å². The van der Waals surface area contributed by atoms with Gasteiger partial charge >= 0.3 is 0 Å². The van der Waals surface area contributed by atoms with Crippen molar-refractivity contribution in [1.29, 1.82) is 0 Å². The second kappa shape index (κ2) is 5.30. The molecule has 0 heterocycles. The van der Waals surface area contributed by atoms with E-state index in [0.717, 1.165) is 32.3 Å². The van der Waals surface area contributed by atoms with E-state index in [1.165, 1.54) is 5.56 Å². The first-order chi connectivity index (χ1) is 8.90. The summed E-state index contributed by atoms with van der Waals surface area (Å²) in [7, 11) is 0. The molecule has 0 aliphatic rings. The molecule has 2 aromatic carbocycles. The fraction of sp³-hybridized carbons (Fsp3) is 0.235. The third-order valence-electron chi connectivity index (χ3n) is 3.52. The highest BCUT2D eigenvalue weighted by Crippen LogP contribution is 2.22. The molecule has 2 heteroatoms. The SMILES string of the molecule is Cc1cc(C)c(C(=O)c2ccc(C)c(Br)c2)cc1C. The largest absolute Gasteiger partial charge is 0.289 e. The zero-order valence-corrected chi connectivity index (χ0v) is 13.3. The van der Waals surface area contributed by atoms with Crippen molar-refractivity contribution in [3.8, 4) is 0 Å². The summed E-state index contributed by atoms with van der Waals surface area (Å²) < 4.78 is 0.972. The number of hydrogen-bond acceptors (Lipinski definition) is 1. The van der Waals surface area contributed by atoms with Crippen molar-refractivity contribution in [1.82, 2.24) is 0 Å². The van der Waals surface area contributed by atoms with Gasteiger partial charge in [-0.05, 0) is 62.1 Å². The molecule has 0 bridgehead atoms. The first-order valence-corrected chi connectivity index (χ1v) is 7.08.